The number of thioether (sulfide) groups is 1. The van der Waals surface area contributed by atoms with Crippen molar-refractivity contribution >= 4 is 11.8 Å². The smallest absolute Gasteiger partial charge is 0.0263 e. The zero-order chi connectivity index (χ0) is 13.2. The molecule has 2 unspecified atom stereocenters. The highest BCUT2D eigenvalue weighted by molar-refractivity contribution is 8.00. The van der Waals surface area contributed by atoms with E-state index in [1.165, 1.54) is 43.9 Å². The van der Waals surface area contributed by atoms with E-state index in [2.05, 4.69) is 59.8 Å². The number of fused-ring (bicyclic) bond motifs is 1. The summed E-state index contributed by atoms with van der Waals surface area (Å²) >= 11 is 2.08. The van der Waals surface area contributed by atoms with Crippen molar-refractivity contribution in [2.45, 2.75) is 36.0 Å². The van der Waals surface area contributed by atoms with E-state index >= 15 is 0 Å². The molecular formula is C16H24N2S. The van der Waals surface area contributed by atoms with E-state index in [-0.39, 0.29) is 0 Å². The van der Waals surface area contributed by atoms with Crippen LogP contribution in [-0.4, -0.2) is 54.3 Å². The Morgan fingerprint density at radius 3 is 2.95 bits per heavy atom. The Morgan fingerprint density at radius 1 is 1.26 bits per heavy atom. The maximum atomic E-state index is 2.70. The van der Waals surface area contributed by atoms with Crippen LogP contribution in [0.4, 0.5) is 0 Å². The van der Waals surface area contributed by atoms with Crippen molar-refractivity contribution in [2.75, 3.05) is 33.2 Å². The molecule has 0 spiro atoms. The molecule has 2 nitrogen and oxygen atoms in total. The molecular weight excluding hydrogens is 252 g/mol. The van der Waals surface area contributed by atoms with Crippen molar-refractivity contribution in [1.82, 2.24) is 9.80 Å². The minimum absolute atomic E-state index is 0.691. The lowest BCUT2D eigenvalue weighted by atomic mass is 10.1. The summed E-state index contributed by atoms with van der Waals surface area (Å²) in [6.45, 7) is 7.35. The summed E-state index contributed by atoms with van der Waals surface area (Å²) in [6, 6.07) is 9.60. The van der Waals surface area contributed by atoms with Crippen molar-refractivity contribution < 1.29 is 0 Å². The molecule has 2 aliphatic heterocycles. The third kappa shape index (κ3) is 3.15. The van der Waals surface area contributed by atoms with Crippen LogP contribution in [-0.2, 0) is 6.42 Å². The van der Waals surface area contributed by atoms with Crippen molar-refractivity contribution in [3.8, 4) is 0 Å². The molecule has 1 aromatic rings. The van der Waals surface area contributed by atoms with E-state index in [4.69, 9.17) is 0 Å². The average Bonchev–Trinajstić information content (AvgIpc) is 2.72. The van der Waals surface area contributed by atoms with Gasteiger partial charge in [0.1, 0.15) is 0 Å². The standard InChI is InChI=1S/C16H24N2S/c1-13-11-17(2)8-5-9-18(13)12-15-10-14-6-3-4-7-16(14)19-15/h3-4,6-7,13,15H,5,8-12H2,1-2H3. The molecule has 0 aliphatic carbocycles. The number of nitrogens with zero attached hydrogens (tertiary/aromatic N) is 2. The molecule has 104 valence electrons. The topological polar surface area (TPSA) is 6.48 Å². The number of hydrogen-bond donors (Lipinski definition) is 0. The van der Waals surface area contributed by atoms with Crippen LogP contribution < -0.4 is 0 Å². The first-order valence-electron chi connectivity index (χ1n) is 7.39. The quantitative estimate of drug-likeness (QED) is 0.820. The molecule has 0 N–H and O–H groups in total. The molecule has 19 heavy (non-hydrogen) atoms. The maximum Gasteiger partial charge on any atom is 0.0263 e. The SMILES string of the molecule is CC1CN(C)CCCN1CC1Cc2ccccc2S1. The Hall–Kier alpha value is -0.510. The summed E-state index contributed by atoms with van der Waals surface area (Å²) in [4.78, 5) is 6.68. The molecule has 3 rings (SSSR count). The predicted octanol–water partition coefficient (Wildman–Crippen LogP) is 2.73. The summed E-state index contributed by atoms with van der Waals surface area (Å²) in [5.74, 6) is 0. The molecule has 0 aromatic heterocycles. The normalized spacial score (nSPS) is 29.2. The monoisotopic (exact) mass is 276 g/mol. The lowest BCUT2D eigenvalue weighted by molar-refractivity contribution is 0.203. The molecule has 0 bridgehead atoms. The number of hydrogen-bond acceptors (Lipinski definition) is 3. The van der Waals surface area contributed by atoms with Gasteiger partial charge in [-0.25, -0.2) is 0 Å². The van der Waals surface area contributed by atoms with Crippen LogP contribution in [0.3, 0.4) is 0 Å². The highest BCUT2D eigenvalue weighted by Gasteiger charge is 2.27. The van der Waals surface area contributed by atoms with Crippen molar-refractivity contribution in [3.05, 3.63) is 29.8 Å². The van der Waals surface area contributed by atoms with Crippen molar-refractivity contribution in [2.24, 2.45) is 0 Å². The average molecular weight is 276 g/mol. The molecule has 2 atom stereocenters. The second kappa shape index (κ2) is 5.86. The molecule has 3 heteroatoms. The van der Waals surface area contributed by atoms with Gasteiger partial charge in [0.05, 0.1) is 0 Å². The van der Waals surface area contributed by atoms with Crippen molar-refractivity contribution in [1.29, 1.82) is 0 Å². The summed E-state index contributed by atoms with van der Waals surface area (Å²) in [5.41, 5.74) is 1.55. The minimum atomic E-state index is 0.691. The third-order valence-corrected chi connectivity index (χ3v) is 5.64. The van der Waals surface area contributed by atoms with E-state index in [1.807, 2.05) is 0 Å². The fourth-order valence-corrected chi connectivity index (χ4v) is 4.66. The van der Waals surface area contributed by atoms with Gasteiger partial charge in [0, 0.05) is 29.3 Å². The number of benzene rings is 1. The second-order valence-electron chi connectivity index (χ2n) is 6.01. The zero-order valence-corrected chi connectivity index (χ0v) is 12.8. The Kier molecular flexibility index (Phi) is 4.15. The van der Waals surface area contributed by atoms with Gasteiger partial charge in [-0.2, -0.15) is 0 Å². The first-order valence-corrected chi connectivity index (χ1v) is 8.27. The number of rotatable bonds is 2. The van der Waals surface area contributed by atoms with Gasteiger partial charge in [-0.05, 0) is 51.5 Å². The summed E-state index contributed by atoms with van der Waals surface area (Å²) in [5, 5.41) is 0.753. The highest BCUT2D eigenvalue weighted by atomic mass is 32.2. The first-order chi connectivity index (χ1) is 9.22. The first kappa shape index (κ1) is 13.5. The van der Waals surface area contributed by atoms with Crippen LogP contribution in [0.15, 0.2) is 29.2 Å². The minimum Gasteiger partial charge on any atom is -0.305 e. The van der Waals surface area contributed by atoms with Crippen LogP contribution in [0.5, 0.6) is 0 Å². The van der Waals surface area contributed by atoms with Crippen LogP contribution in [0.1, 0.15) is 18.9 Å². The Balaban J connectivity index is 1.61. The Bertz CT molecular complexity index is 410. The van der Waals surface area contributed by atoms with Crippen molar-refractivity contribution in [3.63, 3.8) is 0 Å². The van der Waals surface area contributed by atoms with Gasteiger partial charge in [-0.1, -0.05) is 18.2 Å². The molecule has 1 saturated heterocycles. The fourth-order valence-electron chi connectivity index (χ4n) is 3.31. The van der Waals surface area contributed by atoms with Gasteiger partial charge < -0.3 is 4.90 Å². The highest BCUT2D eigenvalue weighted by Crippen LogP contribution is 2.37. The zero-order valence-electron chi connectivity index (χ0n) is 12.0. The Labute approximate surface area is 121 Å². The Morgan fingerprint density at radius 2 is 2.11 bits per heavy atom. The molecule has 0 amide bonds. The summed E-state index contributed by atoms with van der Waals surface area (Å²) < 4.78 is 0. The molecule has 2 aliphatic rings. The van der Waals surface area contributed by atoms with Gasteiger partial charge in [0.15, 0.2) is 0 Å². The van der Waals surface area contributed by atoms with Gasteiger partial charge in [0.2, 0.25) is 0 Å². The van der Waals surface area contributed by atoms with Crippen LogP contribution in [0.25, 0.3) is 0 Å². The molecule has 0 saturated carbocycles. The summed E-state index contributed by atoms with van der Waals surface area (Å²) in [7, 11) is 2.25. The molecule has 1 fully saturated rings. The number of likely N-dealkylation sites (N-methyl/N-ethyl adjacent to an activating group) is 1. The lowest BCUT2D eigenvalue weighted by Crippen LogP contribution is -2.41. The summed E-state index contributed by atoms with van der Waals surface area (Å²) in [6.07, 6.45) is 2.56. The molecule has 1 aromatic carbocycles. The lowest BCUT2D eigenvalue weighted by Gasteiger charge is -2.29. The van der Waals surface area contributed by atoms with Gasteiger partial charge in [-0.15, -0.1) is 11.8 Å². The van der Waals surface area contributed by atoms with Gasteiger partial charge in [0.25, 0.3) is 0 Å². The van der Waals surface area contributed by atoms with Gasteiger partial charge >= 0.3 is 0 Å². The largest absolute Gasteiger partial charge is 0.305 e. The van der Waals surface area contributed by atoms with Crippen LogP contribution in [0.2, 0.25) is 0 Å². The van der Waals surface area contributed by atoms with E-state index in [0.29, 0.717) is 6.04 Å². The molecule has 2 heterocycles. The maximum absolute atomic E-state index is 2.70. The van der Waals surface area contributed by atoms with Crippen LogP contribution >= 0.6 is 11.8 Å². The fraction of sp³-hybridized carbons (Fsp3) is 0.625. The van der Waals surface area contributed by atoms with E-state index in [9.17, 15) is 0 Å². The predicted molar refractivity (Wildman–Crippen MR) is 82.9 cm³/mol. The molecule has 0 radical (unpaired) electrons. The van der Waals surface area contributed by atoms with Gasteiger partial charge in [-0.3, -0.25) is 4.90 Å². The third-order valence-electron chi connectivity index (χ3n) is 4.34. The van der Waals surface area contributed by atoms with Crippen LogP contribution in [0, 0.1) is 0 Å². The van der Waals surface area contributed by atoms with E-state index in [1.54, 1.807) is 5.56 Å². The second-order valence-corrected chi connectivity index (χ2v) is 7.35. The van der Waals surface area contributed by atoms with E-state index < -0.39 is 0 Å². The van der Waals surface area contributed by atoms with E-state index in [0.717, 1.165) is 5.25 Å².